The van der Waals surface area contributed by atoms with Gasteiger partial charge in [0.15, 0.2) is 5.82 Å². The number of hydrogen-bond acceptors (Lipinski definition) is 8. The molecule has 2 aromatic rings. The van der Waals surface area contributed by atoms with Crippen LogP contribution in [0.25, 0.3) is 0 Å². The molecule has 10 heteroatoms. The minimum atomic E-state index is -0.276. The highest BCUT2D eigenvalue weighted by Crippen LogP contribution is 2.39. The molecule has 0 unspecified atom stereocenters. The molecule has 1 aliphatic heterocycles. The maximum absolute atomic E-state index is 12.8. The first-order chi connectivity index (χ1) is 14.8. The number of aromatic nitrogens is 4. The van der Waals surface area contributed by atoms with Crippen LogP contribution in [-0.4, -0.2) is 65.6 Å². The van der Waals surface area contributed by atoms with E-state index in [2.05, 4.69) is 25.7 Å². The van der Waals surface area contributed by atoms with Crippen LogP contribution in [0.2, 0.25) is 0 Å². The maximum atomic E-state index is 12.8. The van der Waals surface area contributed by atoms with Gasteiger partial charge in [0, 0.05) is 30.6 Å². The van der Waals surface area contributed by atoms with E-state index in [9.17, 15) is 4.79 Å². The lowest BCUT2D eigenvalue weighted by atomic mass is 9.96. The Balaban J connectivity index is 1.86. The Kier molecular flexibility index (Phi) is 7.32. The van der Waals surface area contributed by atoms with Crippen molar-refractivity contribution in [2.75, 3.05) is 49.7 Å². The summed E-state index contributed by atoms with van der Waals surface area (Å²) in [6.07, 6.45) is 0. The SMILES string of the molecule is CCOc1cc(N2CCOCC2)c(OCC)cc1NC(=O)Cn1nnnc1C(C)(C)C. The second-order valence-corrected chi connectivity index (χ2v) is 8.24. The van der Waals surface area contributed by atoms with Gasteiger partial charge in [-0.2, -0.15) is 0 Å². The summed E-state index contributed by atoms with van der Waals surface area (Å²) in [6.45, 7) is 13.7. The van der Waals surface area contributed by atoms with E-state index in [1.165, 1.54) is 4.68 Å². The minimum Gasteiger partial charge on any atom is -0.492 e. The molecule has 0 spiro atoms. The van der Waals surface area contributed by atoms with Crippen molar-refractivity contribution in [3.05, 3.63) is 18.0 Å². The maximum Gasteiger partial charge on any atom is 0.246 e. The summed E-state index contributed by atoms with van der Waals surface area (Å²) in [6, 6.07) is 3.74. The summed E-state index contributed by atoms with van der Waals surface area (Å²) in [5.41, 5.74) is 1.21. The fourth-order valence-electron chi connectivity index (χ4n) is 3.42. The predicted octanol–water partition coefficient (Wildman–Crippen LogP) is 2.24. The van der Waals surface area contributed by atoms with Crippen LogP contribution in [-0.2, 0) is 21.5 Å². The molecule has 0 bridgehead atoms. The lowest BCUT2D eigenvalue weighted by molar-refractivity contribution is -0.117. The first kappa shape index (κ1) is 22.8. The van der Waals surface area contributed by atoms with Gasteiger partial charge in [0.05, 0.1) is 37.8 Å². The number of morpholine rings is 1. The summed E-state index contributed by atoms with van der Waals surface area (Å²) < 4.78 is 18.7. The molecule has 0 saturated carbocycles. The van der Waals surface area contributed by atoms with Gasteiger partial charge in [0.2, 0.25) is 5.91 Å². The van der Waals surface area contributed by atoms with Crippen molar-refractivity contribution in [2.24, 2.45) is 0 Å². The van der Waals surface area contributed by atoms with Crippen molar-refractivity contribution in [1.29, 1.82) is 0 Å². The molecule has 0 atom stereocenters. The third kappa shape index (κ3) is 5.63. The first-order valence-corrected chi connectivity index (χ1v) is 10.7. The van der Waals surface area contributed by atoms with E-state index >= 15 is 0 Å². The Morgan fingerprint density at radius 3 is 2.45 bits per heavy atom. The van der Waals surface area contributed by atoms with Crippen molar-refractivity contribution in [3.63, 3.8) is 0 Å². The van der Waals surface area contributed by atoms with Gasteiger partial charge in [-0.25, -0.2) is 4.68 Å². The zero-order valence-corrected chi connectivity index (χ0v) is 19.0. The standard InChI is InChI=1S/C21H32N6O4/c1-6-30-17-13-16(26-8-10-29-11-9-26)18(31-7-2)12-15(17)22-19(28)14-27-20(21(3,4)5)23-24-25-27/h12-13H,6-11,14H2,1-5H3,(H,22,28). The third-order valence-electron chi connectivity index (χ3n) is 4.78. The van der Waals surface area contributed by atoms with Crippen LogP contribution in [0.4, 0.5) is 11.4 Å². The van der Waals surface area contributed by atoms with Crippen molar-refractivity contribution in [1.82, 2.24) is 20.2 Å². The highest BCUT2D eigenvalue weighted by Gasteiger charge is 2.24. The lowest BCUT2D eigenvalue weighted by Gasteiger charge is -2.31. The van der Waals surface area contributed by atoms with Crippen molar-refractivity contribution < 1.29 is 19.0 Å². The summed E-state index contributed by atoms with van der Waals surface area (Å²) in [5.74, 6) is 1.68. The molecule has 0 aliphatic carbocycles. The number of rotatable bonds is 8. The molecule has 1 fully saturated rings. The second-order valence-electron chi connectivity index (χ2n) is 8.24. The Morgan fingerprint density at radius 2 is 1.81 bits per heavy atom. The zero-order chi connectivity index (χ0) is 22.4. The van der Waals surface area contributed by atoms with Gasteiger partial charge >= 0.3 is 0 Å². The molecule has 3 rings (SSSR count). The summed E-state index contributed by atoms with van der Waals surface area (Å²) in [4.78, 5) is 15.0. The first-order valence-electron chi connectivity index (χ1n) is 10.7. The monoisotopic (exact) mass is 432 g/mol. The number of carbonyl (C=O) groups excluding carboxylic acids is 1. The van der Waals surface area contributed by atoms with Gasteiger partial charge < -0.3 is 24.4 Å². The van der Waals surface area contributed by atoms with Gasteiger partial charge in [-0.1, -0.05) is 20.8 Å². The Morgan fingerprint density at radius 1 is 1.13 bits per heavy atom. The fraction of sp³-hybridized carbons (Fsp3) is 0.619. The van der Waals surface area contributed by atoms with Gasteiger partial charge in [0.25, 0.3) is 0 Å². The molecule has 0 radical (unpaired) electrons. The van der Waals surface area contributed by atoms with E-state index in [0.717, 1.165) is 18.8 Å². The van der Waals surface area contributed by atoms with Crippen LogP contribution in [0, 0.1) is 0 Å². The fourth-order valence-corrected chi connectivity index (χ4v) is 3.42. The Bertz CT molecular complexity index is 886. The van der Waals surface area contributed by atoms with Gasteiger partial charge in [0.1, 0.15) is 18.0 Å². The highest BCUT2D eigenvalue weighted by atomic mass is 16.5. The second kappa shape index (κ2) is 9.95. The number of tetrazole rings is 1. The molecular weight excluding hydrogens is 400 g/mol. The van der Waals surface area contributed by atoms with Gasteiger partial charge in [-0.05, 0) is 24.3 Å². The summed E-state index contributed by atoms with van der Waals surface area (Å²) >= 11 is 0. The molecule has 1 N–H and O–H groups in total. The Hall–Kier alpha value is -2.88. The molecule has 31 heavy (non-hydrogen) atoms. The minimum absolute atomic E-state index is 0.000349. The zero-order valence-electron chi connectivity index (χ0n) is 19.0. The van der Waals surface area contributed by atoms with Crippen LogP contribution in [0.3, 0.4) is 0 Å². The largest absolute Gasteiger partial charge is 0.492 e. The molecule has 1 saturated heterocycles. The molecule has 170 valence electrons. The number of ether oxygens (including phenoxy) is 3. The van der Waals surface area contributed by atoms with E-state index in [-0.39, 0.29) is 17.9 Å². The normalized spacial score (nSPS) is 14.4. The van der Waals surface area contributed by atoms with Crippen molar-refractivity contribution in [3.8, 4) is 11.5 Å². The number of amides is 1. The van der Waals surface area contributed by atoms with Crippen molar-refractivity contribution in [2.45, 2.75) is 46.6 Å². The molecule has 1 amide bonds. The van der Waals surface area contributed by atoms with Crippen molar-refractivity contribution >= 4 is 17.3 Å². The van der Waals surface area contributed by atoms with Crippen LogP contribution in [0.5, 0.6) is 11.5 Å². The van der Waals surface area contributed by atoms with Gasteiger partial charge in [-0.3, -0.25) is 4.79 Å². The van der Waals surface area contributed by atoms with E-state index in [1.807, 2.05) is 46.8 Å². The van der Waals surface area contributed by atoms with Gasteiger partial charge in [-0.15, -0.1) is 5.10 Å². The van der Waals surface area contributed by atoms with Crippen LogP contribution in [0.1, 0.15) is 40.4 Å². The quantitative estimate of drug-likeness (QED) is 0.677. The van der Waals surface area contributed by atoms with Crippen LogP contribution < -0.4 is 19.7 Å². The van der Waals surface area contributed by atoms with Crippen LogP contribution >= 0.6 is 0 Å². The Labute approximate surface area is 182 Å². The highest BCUT2D eigenvalue weighted by molar-refractivity contribution is 5.93. The van der Waals surface area contributed by atoms with Crippen LogP contribution in [0.15, 0.2) is 12.1 Å². The number of anilines is 2. The molecule has 10 nitrogen and oxygen atoms in total. The average molecular weight is 433 g/mol. The summed E-state index contributed by atoms with van der Waals surface area (Å²) in [5, 5.41) is 14.7. The third-order valence-corrected chi connectivity index (χ3v) is 4.78. The molecule has 1 aromatic heterocycles. The summed E-state index contributed by atoms with van der Waals surface area (Å²) in [7, 11) is 0. The number of hydrogen-bond donors (Lipinski definition) is 1. The molecule has 2 heterocycles. The number of benzene rings is 1. The number of nitrogens with one attached hydrogen (secondary N) is 1. The smallest absolute Gasteiger partial charge is 0.246 e. The van der Waals surface area contributed by atoms with E-state index in [1.54, 1.807) is 0 Å². The lowest BCUT2D eigenvalue weighted by Crippen LogP contribution is -2.36. The molecular formula is C21H32N6O4. The topological polar surface area (TPSA) is 104 Å². The van der Waals surface area contributed by atoms with E-state index < -0.39 is 0 Å². The van der Waals surface area contributed by atoms with E-state index in [4.69, 9.17) is 14.2 Å². The number of carbonyl (C=O) groups is 1. The molecule has 1 aliphatic rings. The number of nitrogens with zero attached hydrogens (tertiary/aromatic N) is 5. The van der Waals surface area contributed by atoms with E-state index in [0.29, 0.717) is 49.4 Å². The molecule has 1 aromatic carbocycles. The average Bonchev–Trinajstić information content (AvgIpc) is 3.19. The predicted molar refractivity (Wildman–Crippen MR) is 117 cm³/mol.